The van der Waals surface area contributed by atoms with Crippen molar-refractivity contribution in [2.24, 2.45) is 5.10 Å². The highest BCUT2D eigenvalue weighted by molar-refractivity contribution is 8.00. The second-order valence-corrected chi connectivity index (χ2v) is 6.90. The van der Waals surface area contributed by atoms with Gasteiger partial charge in [0, 0.05) is 18.8 Å². The van der Waals surface area contributed by atoms with Crippen LogP contribution in [0.25, 0.3) is 0 Å². The maximum atomic E-state index is 12.1. The molecule has 0 aliphatic carbocycles. The van der Waals surface area contributed by atoms with E-state index in [0.717, 1.165) is 36.1 Å². The largest absolute Gasteiger partial charge is 0.372 e. The molecule has 1 heterocycles. The Morgan fingerprint density at radius 1 is 1.30 bits per heavy atom. The molecule has 2 rings (SSSR count). The zero-order valence-electron chi connectivity index (χ0n) is 15.4. The first kappa shape index (κ1) is 20.4. The molecule has 27 heavy (non-hydrogen) atoms. The number of amides is 1. The van der Waals surface area contributed by atoms with Gasteiger partial charge in [-0.05, 0) is 38.5 Å². The lowest BCUT2D eigenvalue weighted by molar-refractivity contribution is -0.120. The molecule has 0 spiro atoms. The summed E-state index contributed by atoms with van der Waals surface area (Å²) in [6, 6.07) is 7.85. The van der Waals surface area contributed by atoms with Crippen LogP contribution >= 0.6 is 11.8 Å². The van der Waals surface area contributed by atoms with Crippen LogP contribution < -0.4 is 21.6 Å². The average molecular weight is 390 g/mol. The number of hydrogen-bond acceptors (Lipinski definition) is 7. The highest BCUT2D eigenvalue weighted by Crippen LogP contribution is 2.16. The number of nitrogens with zero attached hydrogens (tertiary/aromatic N) is 3. The van der Waals surface area contributed by atoms with Crippen molar-refractivity contribution in [1.29, 1.82) is 0 Å². The molecule has 9 nitrogen and oxygen atoms in total. The number of thioether (sulfide) groups is 1. The van der Waals surface area contributed by atoms with Crippen LogP contribution in [0.4, 0.5) is 5.69 Å². The van der Waals surface area contributed by atoms with Crippen LogP contribution in [0.5, 0.6) is 0 Å². The molecule has 0 radical (unpaired) electrons. The Labute approximate surface area is 160 Å². The van der Waals surface area contributed by atoms with E-state index in [2.05, 4.69) is 44.5 Å². The molecule has 1 unspecified atom stereocenters. The molecule has 144 valence electrons. The van der Waals surface area contributed by atoms with Gasteiger partial charge < -0.3 is 4.90 Å². The van der Waals surface area contributed by atoms with Gasteiger partial charge in [0.2, 0.25) is 0 Å². The molecule has 10 heteroatoms. The molecule has 0 saturated heterocycles. The molecule has 2 aromatic rings. The van der Waals surface area contributed by atoms with Crippen molar-refractivity contribution in [1.82, 2.24) is 20.6 Å². The fourth-order valence-electron chi connectivity index (χ4n) is 2.26. The zero-order chi connectivity index (χ0) is 19.8. The van der Waals surface area contributed by atoms with Crippen molar-refractivity contribution in [3.05, 3.63) is 50.7 Å². The Bertz CT molecular complexity index is 902. The highest BCUT2D eigenvalue weighted by Gasteiger charge is 2.17. The van der Waals surface area contributed by atoms with Gasteiger partial charge in [-0.1, -0.05) is 23.9 Å². The third kappa shape index (κ3) is 5.81. The van der Waals surface area contributed by atoms with E-state index in [-0.39, 0.29) is 10.9 Å². The Morgan fingerprint density at radius 3 is 2.56 bits per heavy atom. The molecule has 1 atom stereocenters. The maximum absolute atomic E-state index is 12.1. The van der Waals surface area contributed by atoms with Gasteiger partial charge in [0.05, 0.1) is 11.5 Å². The molecular weight excluding hydrogens is 368 g/mol. The van der Waals surface area contributed by atoms with E-state index in [1.54, 1.807) is 13.1 Å². The highest BCUT2D eigenvalue weighted by atomic mass is 32.2. The Balaban J connectivity index is 1.92. The Hall–Kier alpha value is -2.88. The number of aromatic nitrogens is 3. The Morgan fingerprint density at radius 2 is 1.96 bits per heavy atom. The summed E-state index contributed by atoms with van der Waals surface area (Å²) in [6.45, 7) is 7.68. The standard InChI is InChI=1S/C17H22N6O3S/c1-4-23(5-2)13-8-6-12(7-9-13)10-18-20-14(24)11(3)27-16-15(25)19-17(26)22-21-16/h6-11H,4-5H2,1-3H3,(H,20,24)(H2,19,22,25,26)/b18-10+. The summed E-state index contributed by atoms with van der Waals surface area (Å²) in [5.74, 6) is -0.386. The van der Waals surface area contributed by atoms with Crippen LogP contribution in [-0.2, 0) is 4.79 Å². The van der Waals surface area contributed by atoms with E-state index in [1.165, 1.54) is 0 Å². The smallest absolute Gasteiger partial charge is 0.342 e. The number of hydrazone groups is 1. The van der Waals surface area contributed by atoms with Crippen molar-refractivity contribution in [3.8, 4) is 0 Å². The zero-order valence-corrected chi connectivity index (χ0v) is 16.2. The fourth-order valence-corrected chi connectivity index (χ4v) is 3.01. The number of anilines is 1. The average Bonchev–Trinajstić information content (AvgIpc) is 2.66. The number of nitrogens with one attached hydrogen (secondary N) is 3. The van der Waals surface area contributed by atoms with E-state index < -0.39 is 16.5 Å². The van der Waals surface area contributed by atoms with Crippen LogP contribution in [-0.4, -0.2) is 45.6 Å². The maximum Gasteiger partial charge on any atom is 0.342 e. The topological polar surface area (TPSA) is 123 Å². The summed E-state index contributed by atoms with van der Waals surface area (Å²) in [5, 5.41) is 9.08. The van der Waals surface area contributed by atoms with Crippen molar-refractivity contribution in [2.75, 3.05) is 18.0 Å². The van der Waals surface area contributed by atoms with Crippen molar-refractivity contribution in [2.45, 2.75) is 31.0 Å². The van der Waals surface area contributed by atoms with Crippen molar-refractivity contribution < 1.29 is 4.79 Å². The number of carbonyl (C=O) groups excluding carboxylic acids is 1. The number of carbonyl (C=O) groups is 1. The molecule has 0 saturated carbocycles. The molecule has 1 aromatic heterocycles. The fraction of sp³-hybridized carbons (Fsp3) is 0.353. The predicted molar refractivity (Wildman–Crippen MR) is 107 cm³/mol. The minimum absolute atomic E-state index is 0.00761. The lowest BCUT2D eigenvalue weighted by Gasteiger charge is -2.20. The van der Waals surface area contributed by atoms with E-state index in [0.29, 0.717) is 0 Å². The third-order valence-corrected chi connectivity index (χ3v) is 4.82. The van der Waals surface area contributed by atoms with Gasteiger partial charge in [-0.2, -0.15) is 10.2 Å². The van der Waals surface area contributed by atoms with E-state index in [4.69, 9.17) is 0 Å². The molecule has 0 fully saturated rings. The molecule has 0 bridgehead atoms. The van der Waals surface area contributed by atoms with Gasteiger partial charge >= 0.3 is 5.69 Å². The van der Waals surface area contributed by atoms with Gasteiger partial charge in [0.1, 0.15) is 0 Å². The lowest BCUT2D eigenvalue weighted by atomic mass is 10.2. The van der Waals surface area contributed by atoms with E-state index >= 15 is 0 Å². The molecule has 0 aliphatic heterocycles. The van der Waals surface area contributed by atoms with E-state index in [1.807, 2.05) is 24.3 Å². The number of H-pyrrole nitrogens is 2. The second kappa shape index (κ2) is 9.72. The quantitative estimate of drug-likeness (QED) is 0.350. The van der Waals surface area contributed by atoms with Crippen LogP contribution in [0.1, 0.15) is 26.3 Å². The summed E-state index contributed by atoms with van der Waals surface area (Å²) in [7, 11) is 0. The lowest BCUT2D eigenvalue weighted by Crippen LogP contribution is -2.30. The number of hydrogen-bond donors (Lipinski definition) is 3. The van der Waals surface area contributed by atoms with Crippen LogP contribution in [0, 0.1) is 0 Å². The summed E-state index contributed by atoms with van der Waals surface area (Å²) < 4.78 is 0. The predicted octanol–water partition coefficient (Wildman–Crippen LogP) is 0.935. The van der Waals surface area contributed by atoms with Gasteiger partial charge in [0.25, 0.3) is 11.5 Å². The summed E-state index contributed by atoms with van der Waals surface area (Å²) >= 11 is 0.927. The molecular formula is C17H22N6O3S. The Kier molecular flexibility index (Phi) is 7.35. The molecule has 1 amide bonds. The second-order valence-electron chi connectivity index (χ2n) is 5.57. The van der Waals surface area contributed by atoms with Crippen LogP contribution in [0.2, 0.25) is 0 Å². The first-order chi connectivity index (χ1) is 12.9. The third-order valence-electron chi connectivity index (χ3n) is 3.75. The molecule has 1 aromatic carbocycles. The minimum atomic E-state index is -0.696. The van der Waals surface area contributed by atoms with Gasteiger partial charge in [-0.15, -0.1) is 0 Å². The van der Waals surface area contributed by atoms with E-state index in [9.17, 15) is 14.4 Å². The molecule has 3 N–H and O–H groups in total. The summed E-state index contributed by atoms with van der Waals surface area (Å²) in [5.41, 5.74) is 3.08. The first-order valence-electron chi connectivity index (χ1n) is 8.48. The van der Waals surface area contributed by atoms with Crippen LogP contribution in [0.15, 0.2) is 44.0 Å². The summed E-state index contributed by atoms with van der Waals surface area (Å²) in [6.07, 6.45) is 1.55. The van der Waals surface area contributed by atoms with Gasteiger partial charge in [-0.25, -0.2) is 15.3 Å². The summed E-state index contributed by atoms with van der Waals surface area (Å²) in [4.78, 5) is 38.9. The normalized spacial score (nSPS) is 12.1. The van der Waals surface area contributed by atoms with Gasteiger partial charge in [-0.3, -0.25) is 14.6 Å². The monoisotopic (exact) mass is 390 g/mol. The number of benzene rings is 1. The first-order valence-corrected chi connectivity index (χ1v) is 9.36. The van der Waals surface area contributed by atoms with Crippen molar-refractivity contribution >= 4 is 29.6 Å². The molecule has 0 aliphatic rings. The van der Waals surface area contributed by atoms with Gasteiger partial charge in [0.15, 0.2) is 5.03 Å². The number of rotatable bonds is 8. The number of aromatic amines is 2. The van der Waals surface area contributed by atoms with Crippen molar-refractivity contribution in [3.63, 3.8) is 0 Å². The van der Waals surface area contributed by atoms with Crippen LogP contribution in [0.3, 0.4) is 0 Å². The SMILES string of the molecule is CCN(CC)c1ccc(/C=N/NC(=O)C(C)Sc2n[nH]c(=O)[nH]c2=O)cc1. The minimum Gasteiger partial charge on any atom is -0.372 e.